The standard InChI is InChI=1S/C14H17ClN2O/c1-11(15)10-16-14(18)9-6-12-4-7-13(8-5-12)17(2)3/h4-9H,1,10H2,2-3H3,(H,16,18)/b9-6+. The normalized spacial score (nSPS) is 10.4. The van der Waals surface area contributed by atoms with Crippen molar-refractivity contribution < 1.29 is 4.79 Å². The van der Waals surface area contributed by atoms with E-state index in [-0.39, 0.29) is 12.5 Å². The van der Waals surface area contributed by atoms with E-state index in [1.807, 2.05) is 43.3 Å². The van der Waals surface area contributed by atoms with Gasteiger partial charge in [0.2, 0.25) is 5.91 Å². The van der Waals surface area contributed by atoms with Gasteiger partial charge in [0.05, 0.1) is 6.54 Å². The van der Waals surface area contributed by atoms with Gasteiger partial charge in [0, 0.05) is 30.9 Å². The lowest BCUT2D eigenvalue weighted by Crippen LogP contribution is -2.21. The number of hydrogen-bond acceptors (Lipinski definition) is 2. The molecule has 0 aromatic heterocycles. The highest BCUT2D eigenvalue weighted by molar-refractivity contribution is 6.29. The summed E-state index contributed by atoms with van der Waals surface area (Å²) in [6, 6.07) is 7.91. The Morgan fingerprint density at radius 2 is 2.00 bits per heavy atom. The van der Waals surface area contributed by atoms with Gasteiger partial charge in [0.1, 0.15) is 0 Å². The molecular weight excluding hydrogens is 248 g/mol. The van der Waals surface area contributed by atoms with Crippen LogP contribution in [0.2, 0.25) is 0 Å². The zero-order chi connectivity index (χ0) is 13.5. The molecule has 96 valence electrons. The predicted molar refractivity (Wildman–Crippen MR) is 77.8 cm³/mol. The van der Waals surface area contributed by atoms with Gasteiger partial charge in [-0.05, 0) is 23.8 Å². The van der Waals surface area contributed by atoms with Crippen LogP contribution in [0.25, 0.3) is 6.08 Å². The van der Waals surface area contributed by atoms with E-state index in [2.05, 4.69) is 11.9 Å². The van der Waals surface area contributed by atoms with E-state index >= 15 is 0 Å². The van der Waals surface area contributed by atoms with Crippen molar-refractivity contribution in [3.05, 3.63) is 47.5 Å². The zero-order valence-electron chi connectivity index (χ0n) is 10.6. The SMILES string of the molecule is C=C(Cl)CNC(=O)/C=C/c1ccc(N(C)C)cc1. The monoisotopic (exact) mass is 264 g/mol. The van der Waals surface area contributed by atoms with E-state index in [9.17, 15) is 4.79 Å². The van der Waals surface area contributed by atoms with Gasteiger partial charge >= 0.3 is 0 Å². The van der Waals surface area contributed by atoms with E-state index in [1.165, 1.54) is 6.08 Å². The number of benzene rings is 1. The Bertz CT molecular complexity index is 449. The van der Waals surface area contributed by atoms with Crippen molar-refractivity contribution in [1.29, 1.82) is 0 Å². The van der Waals surface area contributed by atoms with E-state index in [1.54, 1.807) is 6.08 Å². The van der Waals surface area contributed by atoms with Crippen molar-refractivity contribution in [2.24, 2.45) is 0 Å². The second-order valence-electron chi connectivity index (χ2n) is 4.05. The number of hydrogen-bond donors (Lipinski definition) is 1. The first-order valence-electron chi connectivity index (χ1n) is 5.55. The second kappa shape index (κ2) is 6.87. The molecule has 0 unspecified atom stereocenters. The third-order valence-corrected chi connectivity index (χ3v) is 2.42. The first kappa shape index (κ1) is 14.3. The molecule has 0 heterocycles. The van der Waals surface area contributed by atoms with Crippen LogP contribution < -0.4 is 10.2 Å². The van der Waals surface area contributed by atoms with Crippen molar-refractivity contribution in [1.82, 2.24) is 5.32 Å². The third-order valence-electron chi connectivity index (χ3n) is 2.29. The predicted octanol–water partition coefficient (Wildman–Crippen LogP) is 2.63. The van der Waals surface area contributed by atoms with Crippen LogP contribution in [0.3, 0.4) is 0 Å². The van der Waals surface area contributed by atoms with Gasteiger partial charge in [-0.2, -0.15) is 0 Å². The number of anilines is 1. The van der Waals surface area contributed by atoms with Gasteiger partial charge in [-0.1, -0.05) is 30.3 Å². The molecule has 0 atom stereocenters. The molecule has 1 N–H and O–H groups in total. The number of nitrogens with one attached hydrogen (secondary N) is 1. The summed E-state index contributed by atoms with van der Waals surface area (Å²) in [4.78, 5) is 13.4. The maximum absolute atomic E-state index is 11.4. The largest absolute Gasteiger partial charge is 0.378 e. The molecule has 4 heteroatoms. The molecule has 0 spiro atoms. The Labute approximate surface area is 113 Å². The fraction of sp³-hybridized carbons (Fsp3) is 0.214. The lowest BCUT2D eigenvalue weighted by atomic mass is 10.2. The van der Waals surface area contributed by atoms with E-state index in [4.69, 9.17) is 11.6 Å². The summed E-state index contributed by atoms with van der Waals surface area (Å²) in [6.45, 7) is 3.78. The van der Waals surface area contributed by atoms with Gasteiger partial charge in [-0.25, -0.2) is 0 Å². The van der Waals surface area contributed by atoms with Crippen LogP contribution in [0.4, 0.5) is 5.69 Å². The van der Waals surface area contributed by atoms with Gasteiger partial charge in [-0.3, -0.25) is 4.79 Å². The van der Waals surface area contributed by atoms with Crippen LogP contribution >= 0.6 is 11.6 Å². The number of rotatable bonds is 5. The second-order valence-corrected chi connectivity index (χ2v) is 4.59. The van der Waals surface area contributed by atoms with E-state index < -0.39 is 0 Å². The maximum Gasteiger partial charge on any atom is 0.244 e. The van der Waals surface area contributed by atoms with E-state index in [0.29, 0.717) is 5.03 Å². The molecule has 0 aliphatic heterocycles. The highest BCUT2D eigenvalue weighted by Gasteiger charge is 1.96. The molecule has 1 aromatic rings. The van der Waals surface area contributed by atoms with Crippen molar-refractivity contribution in [3.63, 3.8) is 0 Å². The van der Waals surface area contributed by atoms with Crippen LogP contribution in [-0.4, -0.2) is 26.5 Å². The summed E-state index contributed by atoms with van der Waals surface area (Å²) in [5.74, 6) is -0.187. The fourth-order valence-corrected chi connectivity index (χ4v) is 1.36. The molecule has 0 bridgehead atoms. The molecule has 0 aliphatic rings. The molecule has 18 heavy (non-hydrogen) atoms. The zero-order valence-corrected chi connectivity index (χ0v) is 11.4. The molecular formula is C14H17ClN2O. The van der Waals surface area contributed by atoms with Crippen LogP contribution in [0.1, 0.15) is 5.56 Å². The van der Waals surface area contributed by atoms with Gasteiger partial charge in [-0.15, -0.1) is 0 Å². The van der Waals surface area contributed by atoms with Crippen molar-refractivity contribution >= 4 is 29.3 Å². The summed E-state index contributed by atoms with van der Waals surface area (Å²) in [5.41, 5.74) is 2.09. The quantitative estimate of drug-likeness (QED) is 0.830. The highest BCUT2D eigenvalue weighted by Crippen LogP contribution is 2.12. The van der Waals surface area contributed by atoms with Crippen LogP contribution in [0.5, 0.6) is 0 Å². The first-order valence-corrected chi connectivity index (χ1v) is 5.93. The van der Waals surface area contributed by atoms with Crippen LogP contribution in [-0.2, 0) is 4.79 Å². The Morgan fingerprint density at radius 1 is 1.39 bits per heavy atom. The number of amides is 1. The molecule has 0 radical (unpaired) electrons. The summed E-state index contributed by atoms with van der Waals surface area (Å²) in [6.07, 6.45) is 3.23. The average molecular weight is 265 g/mol. The minimum absolute atomic E-state index is 0.187. The minimum atomic E-state index is -0.187. The molecule has 0 aliphatic carbocycles. The van der Waals surface area contributed by atoms with Crippen molar-refractivity contribution in [2.75, 3.05) is 25.5 Å². The lowest BCUT2D eigenvalue weighted by molar-refractivity contribution is -0.116. The average Bonchev–Trinajstić information content (AvgIpc) is 2.34. The summed E-state index contributed by atoms with van der Waals surface area (Å²) < 4.78 is 0. The summed E-state index contributed by atoms with van der Waals surface area (Å²) in [7, 11) is 3.97. The summed E-state index contributed by atoms with van der Waals surface area (Å²) >= 11 is 5.55. The Hall–Kier alpha value is -1.74. The summed E-state index contributed by atoms with van der Waals surface area (Å²) in [5, 5.41) is 3.03. The molecule has 0 fully saturated rings. The number of halogens is 1. The van der Waals surface area contributed by atoms with Crippen molar-refractivity contribution in [3.8, 4) is 0 Å². The topological polar surface area (TPSA) is 32.3 Å². The minimum Gasteiger partial charge on any atom is -0.378 e. The molecule has 1 rings (SSSR count). The van der Waals surface area contributed by atoms with Crippen molar-refractivity contribution in [2.45, 2.75) is 0 Å². The number of carbonyl (C=O) groups is 1. The van der Waals surface area contributed by atoms with Crippen LogP contribution in [0.15, 0.2) is 42.0 Å². The molecule has 0 saturated heterocycles. The Morgan fingerprint density at radius 3 is 2.50 bits per heavy atom. The van der Waals surface area contributed by atoms with E-state index in [0.717, 1.165) is 11.3 Å². The van der Waals surface area contributed by atoms with Gasteiger partial charge in [0.25, 0.3) is 0 Å². The Kier molecular flexibility index (Phi) is 5.46. The van der Waals surface area contributed by atoms with Gasteiger partial charge < -0.3 is 10.2 Å². The molecule has 3 nitrogen and oxygen atoms in total. The van der Waals surface area contributed by atoms with Crippen LogP contribution in [0, 0.1) is 0 Å². The molecule has 0 saturated carbocycles. The van der Waals surface area contributed by atoms with Gasteiger partial charge in [0.15, 0.2) is 0 Å². The Balaban J connectivity index is 2.56. The maximum atomic E-state index is 11.4. The number of carbonyl (C=O) groups excluding carboxylic acids is 1. The number of nitrogens with zero attached hydrogens (tertiary/aromatic N) is 1. The first-order chi connectivity index (χ1) is 8.49. The smallest absolute Gasteiger partial charge is 0.244 e. The lowest BCUT2D eigenvalue weighted by Gasteiger charge is -2.11. The molecule has 1 aromatic carbocycles. The fourth-order valence-electron chi connectivity index (χ4n) is 1.30. The third kappa shape index (κ3) is 5.06. The highest BCUT2D eigenvalue weighted by atomic mass is 35.5. The molecule has 1 amide bonds.